The van der Waals surface area contributed by atoms with Gasteiger partial charge in [0.05, 0.1) is 0 Å². The largest absolute Gasteiger partial charge is 0.345 e. The first-order chi connectivity index (χ1) is 9.84. The molecule has 20 heavy (non-hydrogen) atoms. The molecule has 0 radical (unpaired) electrons. The second-order valence-electron chi connectivity index (χ2n) is 4.81. The molecule has 98 valence electrons. The van der Waals surface area contributed by atoms with Gasteiger partial charge in [0.25, 0.3) is 0 Å². The van der Waals surface area contributed by atoms with Gasteiger partial charge in [0.1, 0.15) is 0 Å². The first-order valence-corrected chi connectivity index (χ1v) is 6.79. The lowest BCUT2D eigenvalue weighted by molar-refractivity contribution is 1.21. The maximum atomic E-state index is 2.22. The van der Waals surface area contributed by atoms with Gasteiger partial charge in [-0.1, -0.05) is 60.7 Å². The second-order valence-corrected chi connectivity index (χ2v) is 4.81. The van der Waals surface area contributed by atoms with Crippen LogP contribution < -0.4 is 4.90 Å². The summed E-state index contributed by atoms with van der Waals surface area (Å²) in [6.45, 7) is 0. The van der Waals surface area contributed by atoms with E-state index in [1.165, 1.54) is 22.5 Å². The van der Waals surface area contributed by atoms with Crippen LogP contribution in [-0.4, -0.2) is 7.05 Å². The van der Waals surface area contributed by atoms with E-state index in [0.29, 0.717) is 0 Å². The van der Waals surface area contributed by atoms with Crippen molar-refractivity contribution in [3.05, 3.63) is 84.9 Å². The predicted octanol–water partition coefficient (Wildman–Crippen LogP) is 5.12. The van der Waals surface area contributed by atoms with Crippen LogP contribution in [0.4, 0.5) is 11.4 Å². The lowest BCUT2D eigenvalue weighted by Crippen LogP contribution is -2.08. The summed E-state index contributed by atoms with van der Waals surface area (Å²) < 4.78 is 0. The van der Waals surface area contributed by atoms with Crippen LogP contribution >= 0.6 is 0 Å². The standard InChI is InChI=1S/C19H17N/c1-20(18-12-6-3-7-13-18)19-14-8-11-17(15-19)16-9-4-2-5-10-16/h2-15H,1H3. The first-order valence-electron chi connectivity index (χ1n) is 6.79. The summed E-state index contributed by atoms with van der Waals surface area (Å²) in [4.78, 5) is 2.20. The summed E-state index contributed by atoms with van der Waals surface area (Å²) in [6, 6.07) is 29.5. The Balaban J connectivity index is 1.96. The summed E-state index contributed by atoms with van der Waals surface area (Å²) in [7, 11) is 2.10. The number of hydrogen-bond acceptors (Lipinski definition) is 1. The van der Waals surface area contributed by atoms with Crippen molar-refractivity contribution in [2.45, 2.75) is 0 Å². The van der Waals surface area contributed by atoms with Gasteiger partial charge in [-0.15, -0.1) is 0 Å². The van der Waals surface area contributed by atoms with E-state index in [9.17, 15) is 0 Å². The van der Waals surface area contributed by atoms with Crippen molar-refractivity contribution >= 4 is 11.4 Å². The maximum Gasteiger partial charge on any atom is 0.0414 e. The van der Waals surface area contributed by atoms with E-state index in [4.69, 9.17) is 0 Å². The lowest BCUT2D eigenvalue weighted by Gasteiger charge is -2.20. The normalized spacial score (nSPS) is 10.2. The highest BCUT2D eigenvalue weighted by Gasteiger charge is 2.04. The van der Waals surface area contributed by atoms with Crippen molar-refractivity contribution in [2.24, 2.45) is 0 Å². The first kappa shape index (κ1) is 12.5. The lowest BCUT2D eigenvalue weighted by atomic mass is 10.0. The summed E-state index contributed by atoms with van der Waals surface area (Å²) in [5, 5.41) is 0. The summed E-state index contributed by atoms with van der Waals surface area (Å²) in [6.07, 6.45) is 0. The average molecular weight is 259 g/mol. The van der Waals surface area contributed by atoms with Gasteiger partial charge < -0.3 is 4.90 Å². The minimum absolute atomic E-state index is 1.19. The number of anilines is 2. The Bertz CT molecular complexity index is 674. The van der Waals surface area contributed by atoms with Crippen LogP contribution in [0.2, 0.25) is 0 Å². The molecule has 0 saturated heterocycles. The maximum absolute atomic E-state index is 2.22. The van der Waals surface area contributed by atoms with Crippen LogP contribution in [0.3, 0.4) is 0 Å². The highest BCUT2D eigenvalue weighted by molar-refractivity contribution is 5.71. The van der Waals surface area contributed by atoms with Crippen LogP contribution in [0.15, 0.2) is 84.9 Å². The Morgan fingerprint density at radius 3 is 1.80 bits per heavy atom. The SMILES string of the molecule is CN(c1ccccc1)c1cccc(-c2ccccc2)c1. The zero-order valence-electron chi connectivity index (χ0n) is 11.5. The average Bonchev–Trinajstić information content (AvgIpc) is 2.56. The number of hydrogen-bond donors (Lipinski definition) is 0. The third-order valence-corrected chi connectivity index (χ3v) is 3.48. The molecule has 0 heterocycles. The highest BCUT2D eigenvalue weighted by Crippen LogP contribution is 2.28. The number of benzene rings is 3. The molecule has 0 aliphatic rings. The second kappa shape index (κ2) is 5.62. The fourth-order valence-electron chi connectivity index (χ4n) is 2.33. The Kier molecular flexibility index (Phi) is 3.51. The molecule has 3 rings (SSSR count). The molecule has 0 spiro atoms. The molecule has 3 aromatic rings. The van der Waals surface area contributed by atoms with Crippen molar-refractivity contribution in [3.63, 3.8) is 0 Å². The third kappa shape index (κ3) is 2.57. The molecule has 0 aliphatic carbocycles. The van der Waals surface area contributed by atoms with E-state index in [2.05, 4.69) is 84.7 Å². The Morgan fingerprint density at radius 1 is 0.550 bits per heavy atom. The molecule has 1 nitrogen and oxygen atoms in total. The fraction of sp³-hybridized carbons (Fsp3) is 0.0526. The zero-order valence-corrected chi connectivity index (χ0v) is 11.5. The van der Waals surface area contributed by atoms with Crippen molar-refractivity contribution in [1.82, 2.24) is 0 Å². The van der Waals surface area contributed by atoms with E-state index in [0.717, 1.165) is 0 Å². The van der Waals surface area contributed by atoms with E-state index in [1.807, 2.05) is 12.1 Å². The molecule has 1 heteroatoms. The zero-order chi connectivity index (χ0) is 13.8. The molecule has 0 saturated carbocycles. The number of para-hydroxylation sites is 1. The van der Waals surface area contributed by atoms with Gasteiger partial charge in [-0.05, 0) is 35.4 Å². The monoisotopic (exact) mass is 259 g/mol. The van der Waals surface area contributed by atoms with Crippen molar-refractivity contribution in [2.75, 3.05) is 11.9 Å². The van der Waals surface area contributed by atoms with E-state index >= 15 is 0 Å². The topological polar surface area (TPSA) is 3.24 Å². The smallest absolute Gasteiger partial charge is 0.0414 e. The Labute approximate surface area is 120 Å². The van der Waals surface area contributed by atoms with Crippen LogP contribution in [0.25, 0.3) is 11.1 Å². The van der Waals surface area contributed by atoms with Crippen molar-refractivity contribution in [3.8, 4) is 11.1 Å². The van der Waals surface area contributed by atoms with Gasteiger partial charge in [-0.25, -0.2) is 0 Å². The molecular formula is C19H17N. The summed E-state index contributed by atoms with van der Waals surface area (Å²) in [5.41, 5.74) is 4.87. The minimum Gasteiger partial charge on any atom is -0.345 e. The predicted molar refractivity (Wildman–Crippen MR) is 86.4 cm³/mol. The van der Waals surface area contributed by atoms with Gasteiger partial charge in [0.2, 0.25) is 0 Å². The third-order valence-electron chi connectivity index (χ3n) is 3.48. The van der Waals surface area contributed by atoms with E-state index < -0.39 is 0 Å². The van der Waals surface area contributed by atoms with Crippen LogP contribution in [0.1, 0.15) is 0 Å². The quantitative estimate of drug-likeness (QED) is 0.631. The number of rotatable bonds is 3. The van der Waals surface area contributed by atoms with E-state index in [-0.39, 0.29) is 0 Å². The van der Waals surface area contributed by atoms with Crippen molar-refractivity contribution in [1.29, 1.82) is 0 Å². The molecule has 0 unspecified atom stereocenters. The van der Waals surface area contributed by atoms with Gasteiger partial charge in [0.15, 0.2) is 0 Å². The highest BCUT2D eigenvalue weighted by atomic mass is 15.1. The molecule has 0 fully saturated rings. The van der Waals surface area contributed by atoms with Gasteiger partial charge in [-0.3, -0.25) is 0 Å². The van der Waals surface area contributed by atoms with Crippen LogP contribution in [-0.2, 0) is 0 Å². The van der Waals surface area contributed by atoms with Crippen LogP contribution in [0.5, 0.6) is 0 Å². The van der Waals surface area contributed by atoms with Crippen LogP contribution in [0, 0.1) is 0 Å². The van der Waals surface area contributed by atoms with Crippen molar-refractivity contribution < 1.29 is 0 Å². The Hall–Kier alpha value is -2.54. The number of nitrogens with zero attached hydrogens (tertiary/aromatic N) is 1. The minimum atomic E-state index is 1.19. The molecule has 0 N–H and O–H groups in total. The molecule has 0 atom stereocenters. The Morgan fingerprint density at radius 2 is 1.10 bits per heavy atom. The van der Waals surface area contributed by atoms with E-state index in [1.54, 1.807) is 0 Å². The van der Waals surface area contributed by atoms with Gasteiger partial charge in [0, 0.05) is 18.4 Å². The van der Waals surface area contributed by atoms with Gasteiger partial charge in [-0.2, -0.15) is 0 Å². The fourth-order valence-corrected chi connectivity index (χ4v) is 2.33. The molecule has 0 bridgehead atoms. The molecule has 0 amide bonds. The molecular weight excluding hydrogens is 242 g/mol. The summed E-state index contributed by atoms with van der Waals surface area (Å²) >= 11 is 0. The molecule has 3 aromatic carbocycles. The van der Waals surface area contributed by atoms with Gasteiger partial charge >= 0.3 is 0 Å². The molecule has 0 aromatic heterocycles. The molecule has 0 aliphatic heterocycles. The summed E-state index contributed by atoms with van der Waals surface area (Å²) in [5.74, 6) is 0.